The molecule has 1 amide bonds. The Morgan fingerprint density at radius 2 is 2.20 bits per heavy atom. The van der Waals surface area contributed by atoms with Gasteiger partial charge in [-0.25, -0.2) is 0 Å². The maximum Gasteiger partial charge on any atom is 0.250 e. The van der Waals surface area contributed by atoms with Gasteiger partial charge in [0, 0.05) is 12.7 Å². The molecule has 0 unspecified atom stereocenters. The monoisotopic (exact) mass is 276 g/mol. The second-order valence-electron chi connectivity index (χ2n) is 4.15. The number of carbonyl (C=O) groups is 1. The highest BCUT2D eigenvalue weighted by Gasteiger charge is 2.06. The van der Waals surface area contributed by atoms with Gasteiger partial charge < -0.3 is 20.5 Å². The molecule has 0 aliphatic carbocycles. The summed E-state index contributed by atoms with van der Waals surface area (Å²) in [6.07, 6.45) is 0. The predicted octanol–water partition coefficient (Wildman–Crippen LogP) is 0.907. The molecule has 0 heterocycles. The Kier molecular flexibility index (Phi) is 7.36. The molecule has 1 aromatic rings. The summed E-state index contributed by atoms with van der Waals surface area (Å²) in [5.41, 5.74) is 7.85. The number of nitrogens with two attached hydrogens (primary N) is 1. The molecule has 108 valence electrons. The summed E-state index contributed by atoms with van der Waals surface area (Å²) in [7, 11) is 1.58. The lowest BCUT2D eigenvalue weighted by Crippen LogP contribution is -2.20. The third-order valence-corrected chi connectivity index (χ3v) is 2.44. The summed E-state index contributed by atoms with van der Waals surface area (Å²) in [6, 6.07) is 5.64. The molecule has 20 heavy (non-hydrogen) atoms. The van der Waals surface area contributed by atoms with E-state index < -0.39 is 0 Å². The van der Waals surface area contributed by atoms with E-state index in [9.17, 15) is 4.79 Å². The quantitative estimate of drug-likeness (QED) is 0.598. The van der Waals surface area contributed by atoms with Crippen LogP contribution in [0.4, 0.5) is 5.69 Å². The number of ether oxygens (including phenoxy) is 2. The van der Waals surface area contributed by atoms with Crippen molar-refractivity contribution < 1.29 is 14.3 Å². The molecule has 5 nitrogen and oxygen atoms in total. The zero-order valence-electron chi connectivity index (χ0n) is 11.9. The van der Waals surface area contributed by atoms with E-state index in [0.29, 0.717) is 18.9 Å². The maximum absolute atomic E-state index is 11.7. The van der Waals surface area contributed by atoms with E-state index in [1.165, 1.54) is 0 Å². The zero-order valence-corrected chi connectivity index (χ0v) is 11.9. The van der Waals surface area contributed by atoms with Crippen LogP contribution in [0.2, 0.25) is 0 Å². The summed E-state index contributed by atoms with van der Waals surface area (Å²) in [4.78, 5) is 11.7. The van der Waals surface area contributed by atoms with Gasteiger partial charge in [-0.05, 0) is 24.6 Å². The van der Waals surface area contributed by atoms with Crippen LogP contribution in [0, 0.1) is 18.8 Å². The fourth-order valence-electron chi connectivity index (χ4n) is 1.51. The number of hydrogen-bond acceptors (Lipinski definition) is 4. The molecule has 0 saturated heterocycles. The molecule has 0 aliphatic heterocycles. The fourth-order valence-corrected chi connectivity index (χ4v) is 1.51. The van der Waals surface area contributed by atoms with Gasteiger partial charge in [-0.2, -0.15) is 0 Å². The van der Waals surface area contributed by atoms with Crippen LogP contribution in [0.25, 0.3) is 0 Å². The lowest BCUT2D eigenvalue weighted by molar-refractivity contribution is -0.121. The number of rotatable bonds is 6. The largest absolute Gasteiger partial charge is 0.382 e. The molecular weight excluding hydrogens is 256 g/mol. The first-order valence-corrected chi connectivity index (χ1v) is 6.33. The van der Waals surface area contributed by atoms with E-state index in [1.54, 1.807) is 7.11 Å². The van der Waals surface area contributed by atoms with Crippen molar-refractivity contribution in [3.05, 3.63) is 29.3 Å². The first kappa shape index (κ1) is 16.2. The molecule has 0 fully saturated rings. The molecule has 1 aromatic carbocycles. The van der Waals surface area contributed by atoms with Crippen molar-refractivity contribution >= 4 is 11.6 Å². The standard InChI is InChI=1S/C15H20N2O3/c1-12-5-6-14(13(10-12)4-3-7-16)17-15(18)11-20-9-8-19-2/h5-6,10H,7-9,11,16H2,1-2H3,(H,17,18). The average molecular weight is 276 g/mol. The molecule has 1 rings (SSSR count). The highest BCUT2D eigenvalue weighted by Crippen LogP contribution is 2.16. The number of methoxy groups -OCH3 is 1. The molecule has 0 aromatic heterocycles. The summed E-state index contributed by atoms with van der Waals surface area (Å²) < 4.78 is 9.99. The van der Waals surface area contributed by atoms with Gasteiger partial charge in [-0.15, -0.1) is 0 Å². The summed E-state index contributed by atoms with van der Waals surface area (Å²) >= 11 is 0. The number of benzene rings is 1. The van der Waals surface area contributed by atoms with Crippen LogP contribution < -0.4 is 11.1 Å². The van der Waals surface area contributed by atoms with E-state index in [1.807, 2.05) is 25.1 Å². The lowest BCUT2D eigenvalue weighted by atomic mass is 10.1. The van der Waals surface area contributed by atoms with Crippen molar-refractivity contribution in [3.63, 3.8) is 0 Å². The van der Waals surface area contributed by atoms with Gasteiger partial charge in [0.15, 0.2) is 0 Å². The van der Waals surface area contributed by atoms with E-state index in [4.69, 9.17) is 15.2 Å². The van der Waals surface area contributed by atoms with Crippen molar-refractivity contribution in [1.82, 2.24) is 0 Å². The summed E-state index contributed by atoms with van der Waals surface area (Å²) in [5.74, 6) is 5.51. The molecule has 5 heteroatoms. The van der Waals surface area contributed by atoms with Crippen molar-refractivity contribution in [2.45, 2.75) is 6.92 Å². The van der Waals surface area contributed by atoms with E-state index >= 15 is 0 Å². The fraction of sp³-hybridized carbons (Fsp3) is 0.400. The molecule has 0 atom stereocenters. The molecule has 0 bridgehead atoms. The summed E-state index contributed by atoms with van der Waals surface area (Å²) in [6.45, 7) is 3.08. The number of anilines is 1. The van der Waals surface area contributed by atoms with Gasteiger partial charge in [-0.3, -0.25) is 4.79 Å². The highest BCUT2D eigenvalue weighted by atomic mass is 16.5. The van der Waals surface area contributed by atoms with Crippen LogP contribution in [0.15, 0.2) is 18.2 Å². The first-order valence-electron chi connectivity index (χ1n) is 6.33. The Hall–Kier alpha value is -1.87. The number of carbonyl (C=O) groups excluding carboxylic acids is 1. The van der Waals surface area contributed by atoms with Crippen molar-refractivity contribution in [2.24, 2.45) is 5.73 Å². The average Bonchev–Trinajstić information content (AvgIpc) is 2.44. The van der Waals surface area contributed by atoms with Crippen LogP contribution in [0.1, 0.15) is 11.1 Å². The van der Waals surface area contributed by atoms with E-state index in [-0.39, 0.29) is 19.1 Å². The van der Waals surface area contributed by atoms with E-state index in [0.717, 1.165) is 11.1 Å². The molecule has 0 radical (unpaired) electrons. The Bertz CT molecular complexity index is 504. The lowest BCUT2D eigenvalue weighted by Gasteiger charge is -2.09. The van der Waals surface area contributed by atoms with Crippen LogP contribution >= 0.6 is 0 Å². The minimum Gasteiger partial charge on any atom is -0.382 e. The van der Waals surface area contributed by atoms with Crippen molar-refractivity contribution in [3.8, 4) is 11.8 Å². The van der Waals surface area contributed by atoms with Gasteiger partial charge in [0.05, 0.1) is 25.4 Å². The van der Waals surface area contributed by atoms with Crippen LogP contribution in [-0.2, 0) is 14.3 Å². The molecular formula is C15H20N2O3. The number of hydrogen-bond donors (Lipinski definition) is 2. The van der Waals surface area contributed by atoms with Gasteiger partial charge >= 0.3 is 0 Å². The third-order valence-electron chi connectivity index (χ3n) is 2.44. The Balaban J connectivity index is 2.64. The number of aryl methyl sites for hydroxylation is 1. The van der Waals surface area contributed by atoms with Crippen LogP contribution in [0.3, 0.4) is 0 Å². The highest BCUT2D eigenvalue weighted by molar-refractivity contribution is 5.93. The Morgan fingerprint density at radius 3 is 2.90 bits per heavy atom. The van der Waals surface area contributed by atoms with Crippen LogP contribution in [-0.4, -0.2) is 39.4 Å². The van der Waals surface area contributed by atoms with Gasteiger partial charge in [0.25, 0.3) is 0 Å². The second kappa shape index (κ2) is 9.10. The normalized spacial score (nSPS) is 9.75. The smallest absolute Gasteiger partial charge is 0.250 e. The van der Waals surface area contributed by atoms with Gasteiger partial charge in [-0.1, -0.05) is 17.9 Å². The van der Waals surface area contributed by atoms with Gasteiger partial charge in [0.2, 0.25) is 5.91 Å². The molecule has 0 aliphatic rings. The second-order valence-corrected chi connectivity index (χ2v) is 4.15. The predicted molar refractivity (Wildman–Crippen MR) is 78.4 cm³/mol. The molecule has 3 N–H and O–H groups in total. The minimum atomic E-state index is -0.222. The first-order chi connectivity index (χ1) is 9.67. The maximum atomic E-state index is 11.7. The Morgan fingerprint density at radius 1 is 1.40 bits per heavy atom. The topological polar surface area (TPSA) is 73.6 Å². The Labute approximate surface area is 119 Å². The zero-order chi connectivity index (χ0) is 14.8. The van der Waals surface area contributed by atoms with Crippen molar-refractivity contribution in [2.75, 3.05) is 38.8 Å². The molecule has 0 spiro atoms. The van der Waals surface area contributed by atoms with Crippen LogP contribution in [0.5, 0.6) is 0 Å². The van der Waals surface area contributed by atoms with Gasteiger partial charge in [0.1, 0.15) is 6.61 Å². The number of amides is 1. The number of nitrogens with one attached hydrogen (secondary N) is 1. The van der Waals surface area contributed by atoms with E-state index in [2.05, 4.69) is 17.2 Å². The summed E-state index contributed by atoms with van der Waals surface area (Å²) in [5, 5.41) is 2.78. The third kappa shape index (κ3) is 5.85. The van der Waals surface area contributed by atoms with Crippen molar-refractivity contribution in [1.29, 1.82) is 0 Å². The SMILES string of the molecule is COCCOCC(=O)Nc1ccc(C)cc1C#CCN. The molecule has 0 saturated carbocycles. The minimum absolute atomic E-state index is 0.0129.